The van der Waals surface area contributed by atoms with Crippen molar-refractivity contribution in [2.75, 3.05) is 37.6 Å². The Hall–Kier alpha value is -4.35. The second kappa shape index (κ2) is 11.9. The summed E-state index contributed by atoms with van der Waals surface area (Å²) in [6.45, 7) is 8.84. The summed E-state index contributed by atoms with van der Waals surface area (Å²) >= 11 is 0. The summed E-state index contributed by atoms with van der Waals surface area (Å²) in [6.07, 6.45) is 2.12. The zero-order chi connectivity index (χ0) is 24.4. The van der Waals surface area contributed by atoms with Crippen LogP contribution in [0.5, 0.6) is 17.5 Å². The molecule has 0 bridgehead atoms. The minimum Gasteiger partial charge on any atom is -0.493 e. The number of rotatable bonds is 12. The van der Waals surface area contributed by atoms with Crippen molar-refractivity contribution in [1.29, 1.82) is 0 Å². The van der Waals surface area contributed by atoms with Crippen molar-refractivity contribution in [2.45, 2.75) is 13.5 Å². The molecule has 0 atom stereocenters. The first kappa shape index (κ1) is 24.9. The van der Waals surface area contributed by atoms with Crippen LogP contribution in [0.15, 0.2) is 43.5 Å². The fourth-order valence-electron chi connectivity index (χ4n) is 2.69. The summed E-state index contributed by atoms with van der Waals surface area (Å²) < 4.78 is 21.3. The number of nitrogens with zero attached hydrogens (tertiary/aromatic N) is 4. The van der Waals surface area contributed by atoms with E-state index in [1.54, 1.807) is 31.2 Å². The highest BCUT2D eigenvalue weighted by atomic mass is 16.6. The van der Waals surface area contributed by atoms with Crippen LogP contribution in [0, 0.1) is 10.1 Å². The standard InChI is InChI=1S/C21H25N5O7/c1-5-10-32-16-12-14(8-9-15(16)30-4)13-25(21(27)31-7-3)19-17(26(28)29)18(22)23-20(24-19)33-11-6-2/h5-6,8-9,12H,1-2,7,10-11,13H2,3-4H3,(H2,22,23,24). The number of amides is 1. The Kier molecular flexibility index (Phi) is 8.97. The van der Waals surface area contributed by atoms with E-state index in [0.29, 0.717) is 17.1 Å². The van der Waals surface area contributed by atoms with Crippen molar-refractivity contribution in [3.8, 4) is 17.5 Å². The average Bonchev–Trinajstić information content (AvgIpc) is 2.79. The van der Waals surface area contributed by atoms with Gasteiger partial charge in [0.25, 0.3) is 0 Å². The van der Waals surface area contributed by atoms with E-state index in [0.717, 1.165) is 4.90 Å². The topological polar surface area (TPSA) is 152 Å². The van der Waals surface area contributed by atoms with Gasteiger partial charge in [-0.1, -0.05) is 31.4 Å². The number of nitro groups is 1. The zero-order valence-corrected chi connectivity index (χ0v) is 18.4. The summed E-state index contributed by atoms with van der Waals surface area (Å²) in [5.74, 6) is 0.00330. The number of aromatic nitrogens is 2. The number of hydrogen-bond acceptors (Lipinski definition) is 10. The molecule has 33 heavy (non-hydrogen) atoms. The van der Waals surface area contributed by atoms with Crippen molar-refractivity contribution in [1.82, 2.24) is 9.97 Å². The van der Waals surface area contributed by atoms with Gasteiger partial charge in [0, 0.05) is 0 Å². The van der Waals surface area contributed by atoms with E-state index >= 15 is 0 Å². The Morgan fingerprint density at radius 3 is 2.52 bits per heavy atom. The lowest BCUT2D eigenvalue weighted by atomic mass is 10.2. The molecule has 0 aliphatic heterocycles. The first-order valence-corrected chi connectivity index (χ1v) is 9.76. The molecule has 0 fully saturated rings. The van der Waals surface area contributed by atoms with Gasteiger partial charge in [-0.15, -0.1) is 0 Å². The van der Waals surface area contributed by atoms with Crippen LogP contribution in [0.2, 0.25) is 0 Å². The van der Waals surface area contributed by atoms with Crippen LogP contribution in [0.25, 0.3) is 0 Å². The molecule has 0 aliphatic rings. The molecule has 12 nitrogen and oxygen atoms in total. The lowest BCUT2D eigenvalue weighted by Crippen LogP contribution is -2.33. The average molecular weight is 459 g/mol. The lowest BCUT2D eigenvalue weighted by Gasteiger charge is -2.22. The Morgan fingerprint density at radius 1 is 1.21 bits per heavy atom. The molecule has 0 aliphatic carbocycles. The third kappa shape index (κ3) is 6.32. The van der Waals surface area contributed by atoms with E-state index in [1.807, 2.05) is 0 Å². The molecule has 0 unspecified atom stereocenters. The van der Waals surface area contributed by atoms with Crippen LogP contribution in [0.4, 0.5) is 22.1 Å². The zero-order valence-electron chi connectivity index (χ0n) is 18.4. The van der Waals surface area contributed by atoms with Crippen molar-refractivity contribution in [2.24, 2.45) is 0 Å². The third-order valence-electron chi connectivity index (χ3n) is 4.05. The van der Waals surface area contributed by atoms with E-state index in [9.17, 15) is 14.9 Å². The molecule has 0 spiro atoms. The van der Waals surface area contributed by atoms with Crippen LogP contribution in [0.3, 0.4) is 0 Å². The Morgan fingerprint density at radius 2 is 1.91 bits per heavy atom. The normalized spacial score (nSPS) is 10.1. The van der Waals surface area contributed by atoms with Crippen molar-refractivity contribution < 1.29 is 28.7 Å². The predicted molar refractivity (Wildman–Crippen MR) is 121 cm³/mol. The molecular formula is C21H25N5O7. The fourth-order valence-corrected chi connectivity index (χ4v) is 2.69. The first-order valence-electron chi connectivity index (χ1n) is 9.76. The third-order valence-corrected chi connectivity index (χ3v) is 4.05. The highest BCUT2D eigenvalue weighted by Crippen LogP contribution is 2.35. The monoisotopic (exact) mass is 459 g/mol. The van der Waals surface area contributed by atoms with Crippen LogP contribution >= 0.6 is 0 Å². The molecule has 2 rings (SSSR count). The number of ether oxygens (including phenoxy) is 4. The number of nitrogens with two attached hydrogens (primary N) is 1. The molecule has 176 valence electrons. The molecule has 12 heteroatoms. The number of methoxy groups -OCH3 is 1. The summed E-state index contributed by atoms with van der Waals surface area (Å²) in [7, 11) is 1.48. The molecule has 2 N–H and O–H groups in total. The van der Waals surface area contributed by atoms with Crippen molar-refractivity contribution >= 4 is 23.4 Å². The highest BCUT2D eigenvalue weighted by Gasteiger charge is 2.32. The largest absolute Gasteiger partial charge is 0.493 e. The minimum absolute atomic E-state index is 0.0264. The number of carbonyl (C=O) groups excluding carboxylic acids is 1. The molecule has 1 heterocycles. The number of nitrogen functional groups attached to an aromatic ring is 1. The quantitative estimate of drug-likeness (QED) is 0.284. The van der Waals surface area contributed by atoms with E-state index in [1.165, 1.54) is 13.2 Å². The lowest BCUT2D eigenvalue weighted by molar-refractivity contribution is -0.383. The van der Waals surface area contributed by atoms with Crippen LogP contribution in [0.1, 0.15) is 12.5 Å². The van der Waals surface area contributed by atoms with Gasteiger partial charge in [-0.25, -0.2) is 4.79 Å². The molecule has 0 radical (unpaired) electrons. The first-order chi connectivity index (χ1) is 15.9. The Balaban J connectivity index is 2.58. The van der Waals surface area contributed by atoms with Crippen molar-refractivity contribution in [3.63, 3.8) is 0 Å². The van der Waals surface area contributed by atoms with E-state index in [2.05, 4.69) is 23.1 Å². The number of hydrogen-bond donors (Lipinski definition) is 1. The predicted octanol–water partition coefficient (Wildman–Crippen LogP) is 3.27. The number of benzene rings is 1. The second-order valence-corrected chi connectivity index (χ2v) is 6.29. The second-order valence-electron chi connectivity index (χ2n) is 6.29. The molecular weight excluding hydrogens is 434 g/mol. The maximum absolute atomic E-state index is 12.8. The maximum atomic E-state index is 12.8. The Labute approximate surface area is 190 Å². The molecule has 1 amide bonds. The van der Waals surface area contributed by atoms with Gasteiger partial charge in [0.05, 0.1) is 25.2 Å². The summed E-state index contributed by atoms with van der Waals surface area (Å²) in [6, 6.07) is 4.67. The van der Waals surface area contributed by atoms with Crippen LogP contribution < -0.4 is 24.8 Å². The number of anilines is 2. The van der Waals surface area contributed by atoms with Gasteiger partial charge in [0.2, 0.25) is 11.6 Å². The summed E-state index contributed by atoms with van der Waals surface area (Å²) in [5, 5.41) is 11.7. The van der Waals surface area contributed by atoms with Crippen LogP contribution in [-0.2, 0) is 11.3 Å². The van der Waals surface area contributed by atoms with E-state index in [-0.39, 0.29) is 38.2 Å². The van der Waals surface area contributed by atoms with Gasteiger partial charge in [-0.2, -0.15) is 9.97 Å². The summed E-state index contributed by atoms with van der Waals surface area (Å²) in [4.78, 5) is 32.6. The van der Waals surface area contributed by atoms with Gasteiger partial charge in [-0.05, 0) is 24.6 Å². The number of carbonyl (C=O) groups is 1. The van der Waals surface area contributed by atoms with Gasteiger partial charge in [0.15, 0.2) is 11.5 Å². The molecule has 2 aromatic rings. The highest BCUT2D eigenvalue weighted by molar-refractivity contribution is 5.90. The minimum atomic E-state index is -0.877. The van der Waals surface area contributed by atoms with Gasteiger partial charge in [0.1, 0.15) is 13.2 Å². The smallest absolute Gasteiger partial charge is 0.415 e. The molecule has 1 aromatic carbocycles. The van der Waals surface area contributed by atoms with E-state index < -0.39 is 22.5 Å². The van der Waals surface area contributed by atoms with Gasteiger partial charge < -0.3 is 24.7 Å². The maximum Gasteiger partial charge on any atom is 0.415 e. The van der Waals surface area contributed by atoms with Crippen LogP contribution in [-0.4, -0.2) is 47.9 Å². The summed E-state index contributed by atoms with van der Waals surface area (Å²) in [5.41, 5.74) is 5.68. The van der Waals surface area contributed by atoms with Crippen molar-refractivity contribution in [3.05, 3.63) is 59.2 Å². The molecule has 0 saturated heterocycles. The fraction of sp³-hybridized carbons (Fsp3) is 0.286. The SMILES string of the molecule is C=CCOc1nc(N)c([N+](=O)[O-])c(N(Cc2ccc(OC)c(OCC=C)c2)C(=O)OCC)n1. The van der Waals surface area contributed by atoms with E-state index in [4.69, 9.17) is 24.7 Å². The van der Waals surface area contributed by atoms with Gasteiger partial charge >= 0.3 is 17.8 Å². The van der Waals surface area contributed by atoms with Gasteiger partial charge in [-0.3, -0.25) is 15.0 Å². The molecule has 0 saturated carbocycles. The molecule has 1 aromatic heterocycles. The Bertz CT molecular complexity index is 1030.